The van der Waals surface area contributed by atoms with Crippen LogP contribution in [0.15, 0.2) is 29.2 Å². The molecule has 2 heterocycles. The lowest BCUT2D eigenvalue weighted by Crippen LogP contribution is -2.42. The van der Waals surface area contributed by atoms with E-state index in [9.17, 15) is 14.4 Å². The Labute approximate surface area is 167 Å². The molecule has 2 saturated heterocycles. The minimum atomic E-state index is -0.352. The number of hydrogen-bond donors (Lipinski definition) is 1. The second-order valence-corrected chi connectivity index (χ2v) is 7.94. The van der Waals surface area contributed by atoms with Crippen molar-refractivity contribution in [3.05, 3.63) is 39.8 Å². The molecule has 1 aromatic rings. The molecular weight excluding hydrogens is 386 g/mol. The summed E-state index contributed by atoms with van der Waals surface area (Å²) in [5.41, 5.74) is 0.694. The van der Waals surface area contributed by atoms with Crippen molar-refractivity contribution >= 4 is 46.5 Å². The van der Waals surface area contributed by atoms with Gasteiger partial charge >= 0.3 is 0 Å². The summed E-state index contributed by atoms with van der Waals surface area (Å²) in [5.74, 6) is -0.425. The van der Waals surface area contributed by atoms with E-state index >= 15 is 0 Å². The number of nitrogens with zero attached hydrogens (tertiary/aromatic N) is 2. The Kier molecular flexibility index (Phi) is 6.93. The smallest absolute Gasteiger partial charge is 0.293 e. The van der Waals surface area contributed by atoms with Crippen LogP contribution in [0.4, 0.5) is 4.79 Å². The second kappa shape index (κ2) is 9.39. The summed E-state index contributed by atoms with van der Waals surface area (Å²) >= 11 is 7.00. The molecule has 0 bridgehead atoms. The van der Waals surface area contributed by atoms with Gasteiger partial charge in [0.2, 0.25) is 5.91 Å². The summed E-state index contributed by atoms with van der Waals surface area (Å²) in [6.07, 6.45) is 5.10. The second-order valence-electron chi connectivity index (χ2n) is 6.54. The van der Waals surface area contributed by atoms with Crippen molar-refractivity contribution in [1.82, 2.24) is 15.1 Å². The Balaban J connectivity index is 1.50. The van der Waals surface area contributed by atoms with Crippen molar-refractivity contribution in [3.63, 3.8) is 0 Å². The predicted molar refractivity (Wildman–Crippen MR) is 107 cm³/mol. The third-order valence-corrected chi connectivity index (χ3v) is 5.79. The predicted octanol–water partition coefficient (Wildman–Crippen LogP) is 2.98. The molecule has 2 aliphatic heterocycles. The highest BCUT2D eigenvalue weighted by atomic mass is 35.5. The van der Waals surface area contributed by atoms with Gasteiger partial charge in [-0.2, -0.15) is 0 Å². The maximum atomic E-state index is 12.5. The van der Waals surface area contributed by atoms with Crippen LogP contribution < -0.4 is 5.32 Å². The van der Waals surface area contributed by atoms with Crippen molar-refractivity contribution in [2.24, 2.45) is 0 Å². The van der Waals surface area contributed by atoms with Gasteiger partial charge in [0.1, 0.15) is 0 Å². The van der Waals surface area contributed by atoms with Crippen molar-refractivity contribution in [1.29, 1.82) is 0 Å². The molecule has 3 rings (SSSR count). The topological polar surface area (TPSA) is 69.7 Å². The van der Waals surface area contributed by atoms with Crippen molar-refractivity contribution in [3.8, 4) is 0 Å². The number of thioether (sulfide) groups is 1. The summed E-state index contributed by atoms with van der Waals surface area (Å²) in [5, 5.41) is 2.99. The van der Waals surface area contributed by atoms with Gasteiger partial charge in [0.15, 0.2) is 0 Å². The summed E-state index contributed by atoms with van der Waals surface area (Å²) < 4.78 is 0. The third kappa shape index (κ3) is 5.34. The molecule has 3 amide bonds. The maximum absolute atomic E-state index is 12.5. The van der Waals surface area contributed by atoms with Crippen LogP contribution >= 0.6 is 23.4 Å². The Morgan fingerprint density at radius 3 is 2.67 bits per heavy atom. The summed E-state index contributed by atoms with van der Waals surface area (Å²) in [6.45, 7) is 2.68. The molecule has 0 radical (unpaired) electrons. The minimum absolute atomic E-state index is 0.0736. The van der Waals surface area contributed by atoms with Crippen LogP contribution in [0.5, 0.6) is 0 Å². The molecule has 0 aliphatic carbocycles. The zero-order valence-electron chi connectivity index (χ0n) is 14.9. The van der Waals surface area contributed by atoms with Gasteiger partial charge in [-0.1, -0.05) is 36.2 Å². The number of rotatable bonds is 6. The highest BCUT2D eigenvalue weighted by Crippen LogP contribution is 2.33. The van der Waals surface area contributed by atoms with Crippen LogP contribution in [0.2, 0.25) is 5.02 Å². The highest BCUT2D eigenvalue weighted by Gasteiger charge is 2.34. The molecule has 1 N–H and O–H groups in total. The van der Waals surface area contributed by atoms with Crippen molar-refractivity contribution in [2.75, 3.05) is 32.7 Å². The number of hydrogen-bond acceptors (Lipinski definition) is 5. The van der Waals surface area contributed by atoms with Crippen LogP contribution in [-0.4, -0.2) is 59.6 Å². The molecule has 0 aromatic heterocycles. The zero-order valence-corrected chi connectivity index (χ0v) is 16.5. The van der Waals surface area contributed by atoms with Crippen LogP contribution in [0.25, 0.3) is 6.08 Å². The molecular formula is C19H22ClN3O3S. The first-order chi connectivity index (χ1) is 13.0. The lowest BCUT2D eigenvalue weighted by atomic mass is 10.1. The number of carbonyl (C=O) groups is 3. The highest BCUT2D eigenvalue weighted by molar-refractivity contribution is 8.18. The van der Waals surface area contributed by atoms with Gasteiger partial charge in [-0.25, -0.2) is 0 Å². The fraction of sp³-hybridized carbons (Fsp3) is 0.421. The Hall–Kier alpha value is -1.83. The van der Waals surface area contributed by atoms with Crippen LogP contribution in [0, 0.1) is 0 Å². The fourth-order valence-corrected chi connectivity index (χ4v) is 4.16. The van der Waals surface area contributed by atoms with Gasteiger partial charge in [-0.15, -0.1) is 0 Å². The van der Waals surface area contributed by atoms with E-state index in [1.807, 2.05) is 6.07 Å². The largest absolute Gasteiger partial charge is 0.353 e. The molecule has 8 heteroatoms. The molecule has 1 aromatic carbocycles. The SMILES string of the molecule is O=C(CN1CCCCC1)NCCN1C(=O)SC(=Cc2ccccc2Cl)C1=O. The molecule has 0 saturated carbocycles. The van der Waals surface area contributed by atoms with Gasteiger partial charge < -0.3 is 5.32 Å². The Bertz CT molecular complexity index is 762. The number of amides is 3. The van der Waals surface area contributed by atoms with E-state index in [0.717, 1.165) is 42.6 Å². The summed E-state index contributed by atoms with van der Waals surface area (Å²) in [4.78, 5) is 40.3. The maximum Gasteiger partial charge on any atom is 0.293 e. The number of nitrogens with one attached hydrogen (secondary N) is 1. The van der Waals surface area contributed by atoms with E-state index < -0.39 is 0 Å². The van der Waals surface area contributed by atoms with Crippen LogP contribution in [-0.2, 0) is 9.59 Å². The normalized spacial score (nSPS) is 19.7. The van der Waals surface area contributed by atoms with E-state index in [2.05, 4.69) is 10.2 Å². The van der Waals surface area contributed by atoms with E-state index in [-0.39, 0.29) is 30.1 Å². The Morgan fingerprint density at radius 2 is 1.93 bits per heavy atom. The zero-order chi connectivity index (χ0) is 19.2. The number of benzene rings is 1. The quantitative estimate of drug-likeness (QED) is 0.734. The standard InChI is InChI=1S/C19H22ClN3O3S/c20-15-7-3-2-6-14(15)12-16-18(25)23(19(26)27-16)11-8-21-17(24)13-22-9-4-1-5-10-22/h2-3,6-7,12H,1,4-5,8-11,13H2,(H,21,24). The molecule has 0 unspecified atom stereocenters. The van der Waals surface area contributed by atoms with Crippen molar-refractivity contribution < 1.29 is 14.4 Å². The fourth-order valence-electron chi connectivity index (χ4n) is 3.11. The first-order valence-corrected chi connectivity index (χ1v) is 10.2. The first-order valence-electron chi connectivity index (χ1n) is 9.03. The lowest BCUT2D eigenvalue weighted by molar-refractivity contribution is -0.124. The lowest BCUT2D eigenvalue weighted by Gasteiger charge is -2.25. The van der Waals surface area contributed by atoms with E-state index in [1.54, 1.807) is 24.3 Å². The van der Waals surface area contributed by atoms with Gasteiger partial charge in [0.05, 0.1) is 11.4 Å². The number of carbonyl (C=O) groups excluding carboxylic acids is 3. The van der Waals surface area contributed by atoms with Gasteiger partial charge in [-0.05, 0) is 55.4 Å². The molecule has 0 atom stereocenters. The molecule has 2 aliphatic rings. The molecule has 6 nitrogen and oxygen atoms in total. The van der Waals surface area contributed by atoms with E-state index in [0.29, 0.717) is 22.0 Å². The monoisotopic (exact) mass is 407 g/mol. The van der Waals surface area contributed by atoms with Gasteiger partial charge in [-0.3, -0.25) is 24.2 Å². The average Bonchev–Trinajstić information content (AvgIpc) is 2.92. The van der Waals surface area contributed by atoms with Crippen LogP contribution in [0.3, 0.4) is 0 Å². The number of halogens is 1. The third-order valence-electron chi connectivity index (χ3n) is 4.54. The number of piperidine rings is 1. The van der Waals surface area contributed by atoms with Crippen LogP contribution in [0.1, 0.15) is 24.8 Å². The Morgan fingerprint density at radius 1 is 1.19 bits per heavy atom. The van der Waals surface area contributed by atoms with E-state index in [1.165, 1.54) is 6.42 Å². The van der Waals surface area contributed by atoms with Crippen molar-refractivity contribution in [2.45, 2.75) is 19.3 Å². The van der Waals surface area contributed by atoms with E-state index in [4.69, 9.17) is 11.6 Å². The van der Waals surface area contributed by atoms with Gasteiger partial charge in [0.25, 0.3) is 11.1 Å². The summed E-state index contributed by atoms with van der Waals surface area (Å²) in [6, 6.07) is 7.14. The molecule has 27 heavy (non-hydrogen) atoms. The molecule has 0 spiro atoms. The minimum Gasteiger partial charge on any atom is -0.353 e. The molecule has 144 valence electrons. The molecule has 2 fully saturated rings. The average molecular weight is 408 g/mol. The first kappa shape index (κ1) is 19.9. The summed E-state index contributed by atoms with van der Waals surface area (Å²) in [7, 11) is 0. The number of likely N-dealkylation sites (tertiary alicyclic amines) is 1. The van der Waals surface area contributed by atoms with Gasteiger partial charge in [0, 0.05) is 18.1 Å². The number of imide groups is 1.